The van der Waals surface area contributed by atoms with Gasteiger partial charge in [-0.2, -0.15) is 0 Å². The normalized spacial score (nSPS) is 22.5. The SMILES string of the molecule is CCC(C)C1CC(=O)C(C(=O)NS(=O)(=O)c2ccc(Cl)cc2)C(=O)C1. The van der Waals surface area contributed by atoms with Gasteiger partial charge in [-0.3, -0.25) is 14.4 Å². The van der Waals surface area contributed by atoms with Crippen molar-refractivity contribution >= 4 is 39.1 Å². The third kappa shape index (κ3) is 4.46. The first-order chi connectivity index (χ1) is 11.7. The van der Waals surface area contributed by atoms with Gasteiger partial charge in [0.05, 0.1) is 4.90 Å². The van der Waals surface area contributed by atoms with E-state index < -0.39 is 33.4 Å². The van der Waals surface area contributed by atoms with Crippen molar-refractivity contribution in [3.8, 4) is 0 Å². The number of nitrogens with one attached hydrogen (secondary N) is 1. The maximum Gasteiger partial charge on any atom is 0.264 e. The predicted molar refractivity (Wildman–Crippen MR) is 92.5 cm³/mol. The summed E-state index contributed by atoms with van der Waals surface area (Å²) in [5.41, 5.74) is 0. The molecule has 8 heteroatoms. The Morgan fingerprint density at radius 3 is 2.20 bits per heavy atom. The van der Waals surface area contributed by atoms with E-state index in [1.165, 1.54) is 24.3 Å². The second-order valence-electron chi connectivity index (χ2n) is 6.34. The van der Waals surface area contributed by atoms with Crippen molar-refractivity contribution in [1.82, 2.24) is 4.72 Å². The fourth-order valence-electron chi connectivity index (χ4n) is 2.90. The standard InChI is InChI=1S/C17H20ClNO5S/c1-3-10(2)11-8-14(20)16(15(21)9-11)17(22)19-25(23,24)13-6-4-12(18)5-7-13/h4-7,10-11,16H,3,8-9H2,1-2H3,(H,19,22). The van der Waals surface area contributed by atoms with Gasteiger partial charge in [-0.1, -0.05) is 31.9 Å². The molecule has 2 rings (SSSR count). The summed E-state index contributed by atoms with van der Waals surface area (Å²) in [6.45, 7) is 3.92. The van der Waals surface area contributed by atoms with Crippen LogP contribution in [0.5, 0.6) is 0 Å². The van der Waals surface area contributed by atoms with Gasteiger partial charge in [0.1, 0.15) is 0 Å². The summed E-state index contributed by atoms with van der Waals surface area (Å²) < 4.78 is 26.3. The molecule has 25 heavy (non-hydrogen) atoms. The molecule has 1 aromatic carbocycles. The summed E-state index contributed by atoms with van der Waals surface area (Å²) in [5, 5.41) is 0.346. The Bertz CT molecular complexity index is 770. The molecular weight excluding hydrogens is 366 g/mol. The molecule has 1 aromatic rings. The highest BCUT2D eigenvalue weighted by Crippen LogP contribution is 2.31. The minimum Gasteiger partial charge on any atom is -0.298 e. The average molecular weight is 386 g/mol. The lowest BCUT2D eigenvalue weighted by atomic mass is 9.74. The molecule has 1 fully saturated rings. The summed E-state index contributed by atoms with van der Waals surface area (Å²) in [4.78, 5) is 36.6. The van der Waals surface area contributed by atoms with Crippen LogP contribution in [0, 0.1) is 17.8 Å². The largest absolute Gasteiger partial charge is 0.298 e. The molecule has 0 aromatic heterocycles. The van der Waals surface area contributed by atoms with Crippen molar-refractivity contribution in [3.05, 3.63) is 29.3 Å². The molecular formula is C17H20ClNO5S. The van der Waals surface area contributed by atoms with Crippen LogP contribution >= 0.6 is 11.6 Å². The fraction of sp³-hybridized carbons (Fsp3) is 0.471. The number of Topliss-reactive ketones (excluding diaryl/α,β-unsaturated/α-hetero) is 2. The van der Waals surface area contributed by atoms with Crippen LogP contribution in [-0.2, 0) is 24.4 Å². The van der Waals surface area contributed by atoms with Gasteiger partial charge in [0.25, 0.3) is 15.9 Å². The van der Waals surface area contributed by atoms with Crippen LogP contribution in [0.3, 0.4) is 0 Å². The highest BCUT2D eigenvalue weighted by molar-refractivity contribution is 7.90. The molecule has 0 radical (unpaired) electrons. The van der Waals surface area contributed by atoms with Gasteiger partial charge >= 0.3 is 0 Å². The first-order valence-corrected chi connectivity index (χ1v) is 9.89. The molecule has 0 heterocycles. The van der Waals surface area contributed by atoms with Crippen molar-refractivity contribution in [2.24, 2.45) is 17.8 Å². The Kier molecular flexibility index (Phi) is 6.00. The zero-order valence-corrected chi connectivity index (χ0v) is 15.6. The Hall–Kier alpha value is -1.73. The van der Waals surface area contributed by atoms with E-state index in [0.29, 0.717) is 5.02 Å². The van der Waals surface area contributed by atoms with E-state index in [1.54, 1.807) is 0 Å². The van der Waals surface area contributed by atoms with Crippen LogP contribution in [0.25, 0.3) is 0 Å². The summed E-state index contributed by atoms with van der Waals surface area (Å²) >= 11 is 5.71. The molecule has 1 aliphatic rings. The molecule has 1 unspecified atom stereocenters. The second-order valence-corrected chi connectivity index (χ2v) is 8.46. The topological polar surface area (TPSA) is 97.4 Å². The zero-order chi connectivity index (χ0) is 18.8. The van der Waals surface area contributed by atoms with Crippen molar-refractivity contribution in [2.45, 2.75) is 38.0 Å². The number of benzene rings is 1. The maximum absolute atomic E-state index is 12.3. The molecule has 1 N–H and O–H groups in total. The highest BCUT2D eigenvalue weighted by Gasteiger charge is 2.42. The van der Waals surface area contributed by atoms with Crippen LogP contribution in [0.15, 0.2) is 29.2 Å². The number of carbonyl (C=O) groups excluding carboxylic acids is 3. The van der Waals surface area contributed by atoms with E-state index in [1.807, 2.05) is 18.6 Å². The van der Waals surface area contributed by atoms with Gasteiger partial charge in [-0.05, 0) is 36.1 Å². The fourth-order valence-corrected chi connectivity index (χ4v) is 4.02. The van der Waals surface area contributed by atoms with Gasteiger partial charge < -0.3 is 0 Å². The van der Waals surface area contributed by atoms with E-state index >= 15 is 0 Å². The summed E-state index contributed by atoms with van der Waals surface area (Å²) in [7, 11) is -4.17. The second kappa shape index (κ2) is 7.66. The summed E-state index contributed by atoms with van der Waals surface area (Å²) in [6.07, 6.45) is 1.05. The first kappa shape index (κ1) is 19.6. The van der Waals surface area contributed by atoms with E-state index in [9.17, 15) is 22.8 Å². The van der Waals surface area contributed by atoms with Gasteiger partial charge in [-0.15, -0.1) is 0 Å². The highest BCUT2D eigenvalue weighted by atomic mass is 35.5. The Balaban J connectivity index is 2.14. The minimum atomic E-state index is -4.17. The van der Waals surface area contributed by atoms with E-state index in [4.69, 9.17) is 11.6 Å². The number of hydrogen-bond donors (Lipinski definition) is 1. The monoisotopic (exact) mass is 385 g/mol. The lowest BCUT2D eigenvalue weighted by Gasteiger charge is -2.29. The Morgan fingerprint density at radius 2 is 1.72 bits per heavy atom. The molecule has 1 aliphatic carbocycles. The molecule has 136 valence electrons. The lowest BCUT2D eigenvalue weighted by molar-refractivity contribution is -0.144. The number of amides is 1. The zero-order valence-electron chi connectivity index (χ0n) is 14.0. The van der Waals surface area contributed by atoms with E-state index in [0.717, 1.165) is 6.42 Å². The van der Waals surface area contributed by atoms with Crippen LogP contribution in [0.4, 0.5) is 0 Å². The van der Waals surface area contributed by atoms with E-state index in [-0.39, 0.29) is 29.6 Å². The van der Waals surface area contributed by atoms with Crippen molar-refractivity contribution in [3.63, 3.8) is 0 Å². The summed E-state index contributed by atoms with van der Waals surface area (Å²) in [5.74, 6) is -3.60. The number of halogens is 1. The van der Waals surface area contributed by atoms with Crippen LogP contribution < -0.4 is 4.72 Å². The number of hydrogen-bond acceptors (Lipinski definition) is 5. The van der Waals surface area contributed by atoms with Crippen molar-refractivity contribution in [1.29, 1.82) is 0 Å². The van der Waals surface area contributed by atoms with Gasteiger partial charge in [0, 0.05) is 17.9 Å². The van der Waals surface area contributed by atoms with Crippen molar-refractivity contribution in [2.75, 3.05) is 0 Å². The molecule has 1 amide bonds. The first-order valence-electron chi connectivity index (χ1n) is 8.03. The van der Waals surface area contributed by atoms with Gasteiger partial charge in [0.2, 0.25) is 0 Å². The molecule has 1 saturated carbocycles. The van der Waals surface area contributed by atoms with Crippen LogP contribution in [0.1, 0.15) is 33.1 Å². The third-order valence-corrected chi connectivity index (χ3v) is 6.26. The number of rotatable bonds is 5. The lowest BCUT2D eigenvalue weighted by Crippen LogP contribution is -2.46. The molecule has 0 spiro atoms. The van der Waals surface area contributed by atoms with E-state index in [2.05, 4.69) is 0 Å². The number of ketones is 2. The van der Waals surface area contributed by atoms with Gasteiger partial charge in [0.15, 0.2) is 17.5 Å². The van der Waals surface area contributed by atoms with Crippen molar-refractivity contribution < 1.29 is 22.8 Å². The average Bonchev–Trinajstić information content (AvgIpc) is 2.53. The Labute approximate surface area is 152 Å². The number of sulfonamides is 1. The maximum atomic E-state index is 12.3. The summed E-state index contributed by atoms with van der Waals surface area (Å²) in [6, 6.07) is 5.21. The van der Waals surface area contributed by atoms with Crippen LogP contribution in [0.2, 0.25) is 5.02 Å². The minimum absolute atomic E-state index is 0.0954. The quantitative estimate of drug-likeness (QED) is 0.784. The smallest absolute Gasteiger partial charge is 0.264 e. The molecule has 0 aliphatic heterocycles. The Morgan fingerprint density at radius 1 is 1.20 bits per heavy atom. The molecule has 0 saturated heterocycles. The predicted octanol–water partition coefficient (Wildman–Crippen LogP) is 2.36. The molecule has 0 bridgehead atoms. The molecule has 1 atom stereocenters. The third-order valence-electron chi connectivity index (χ3n) is 4.64. The number of carbonyl (C=O) groups is 3. The van der Waals surface area contributed by atoms with Crippen LogP contribution in [-0.4, -0.2) is 25.9 Å². The molecule has 6 nitrogen and oxygen atoms in total. The van der Waals surface area contributed by atoms with Gasteiger partial charge in [-0.25, -0.2) is 13.1 Å².